The Bertz CT molecular complexity index is 1290. The van der Waals surface area contributed by atoms with Crippen LogP contribution in [0.25, 0.3) is 5.65 Å². The zero-order valence-electron chi connectivity index (χ0n) is 19.5. The van der Waals surface area contributed by atoms with E-state index in [4.69, 9.17) is 5.73 Å². The lowest BCUT2D eigenvalue weighted by molar-refractivity contribution is 0.0958. The fourth-order valence-electron chi connectivity index (χ4n) is 4.29. The van der Waals surface area contributed by atoms with Crippen LogP contribution in [0.5, 0.6) is 0 Å². The van der Waals surface area contributed by atoms with Crippen molar-refractivity contribution in [2.45, 2.75) is 51.1 Å². The van der Waals surface area contributed by atoms with Crippen LogP contribution in [-0.4, -0.2) is 50.1 Å². The lowest BCUT2D eigenvalue weighted by atomic mass is 9.92. The Morgan fingerprint density at radius 1 is 1.14 bits per heavy atom. The minimum absolute atomic E-state index is 0.234. The Morgan fingerprint density at radius 2 is 1.97 bits per heavy atom. The van der Waals surface area contributed by atoms with Crippen LogP contribution in [0.2, 0.25) is 0 Å². The van der Waals surface area contributed by atoms with Gasteiger partial charge in [0.2, 0.25) is 5.97 Å². The number of anilines is 3. The molecule has 4 heterocycles. The molecular weight excluding hydrogens is 449 g/mol. The number of hydrogen-bond donors (Lipinski definition) is 4. The molecule has 35 heavy (non-hydrogen) atoms. The SMILES string of the molecule is Cc1ccc(Nc2cc(NC3CCC(N)CC3)nn3c(C(=O)NC4=CC(F)=NCC4)cnc23)nc1. The van der Waals surface area contributed by atoms with E-state index in [-0.39, 0.29) is 17.8 Å². The minimum Gasteiger partial charge on any atom is -0.366 e. The number of amides is 1. The van der Waals surface area contributed by atoms with Gasteiger partial charge in [-0.3, -0.25) is 9.79 Å². The van der Waals surface area contributed by atoms with Crippen molar-refractivity contribution in [3.05, 3.63) is 53.6 Å². The van der Waals surface area contributed by atoms with Gasteiger partial charge in [-0.25, -0.2) is 14.5 Å². The lowest BCUT2D eigenvalue weighted by Crippen LogP contribution is -2.33. The van der Waals surface area contributed by atoms with Crippen molar-refractivity contribution in [3.8, 4) is 0 Å². The molecule has 5 rings (SSSR count). The first kappa shape index (κ1) is 22.9. The fourth-order valence-corrected chi connectivity index (χ4v) is 4.29. The molecule has 1 aliphatic carbocycles. The number of aryl methyl sites for hydroxylation is 1. The van der Waals surface area contributed by atoms with Crippen molar-refractivity contribution in [2.24, 2.45) is 10.7 Å². The first-order valence-corrected chi connectivity index (χ1v) is 11.8. The predicted octanol–water partition coefficient (Wildman–Crippen LogP) is 3.24. The Balaban J connectivity index is 1.48. The van der Waals surface area contributed by atoms with Crippen LogP contribution in [0.15, 0.2) is 47.4 Å². The van der Waals surface area contributed by atoms with Gasteiger partial charge in [0.1, 0.15) is 11.6 Å². The van der Waals surface area contributed by atoms with Crippen LogP contribution in [0.4, 0.5) is 21.7 Å². The molecule has 1 saturated carbocycles. The first-order valence-electron chi connectivity index (χ1n) is 11.8. The molecule has 0 atom stereocenters. The molecule has 10 nitrogen and oxygen atoms in total. The number of hydrogen-bond acceptors (Lipinski definition) is 8. The van der Waals surface area contributed by atoms with Crippen molar-refractivity contribution in [1.29, 1.82) is 0 Å². The van der Waals surface area contributed by atoms with E-state index in [1.165, 1.54) is 16.8 Å². The maximum Gasteiger partial charge on any atom is 0.275 e. The Morgan fingerprint density at radius 3 is 2.71 bits per heavy atom. The number of nitrogens with two attached hydrogens (primary N) is 1. The van der Waals surface area contributed by atoms with Crippen molar-refractivity contribution in [2.75, 3.05) is 17.2 Å². The number of nitrogens with one attached hydrogen (secondary N) is 3. The monoisotopic (exact) mass is 477 g/mol. The molecule has 182 valence electrons. The highest BCUT2D eigenvalue weighted by Gasteiger charge is 2.22. The number of dihydropyridines is 1. The summed E-state index contributed by atoms with van der Waals surface area (Å²) in [4.78, 5) is 25.6. The number of carbonyl (C=O) groups excluding carboxylic acids is 1. The van der Waals surface area contributed by atoms with Gasteiger partial charge in [0.05, 0.1) is 11.9 Å². The zero-order valence-corrected chi connectivity index (χ0v) is 19.5. The van der Waals surface area contributed by atoms with Gasteiger partial charge in [0.15, 0.2) is 11.3 Å². The summed E-state index contributed by atoms with van der Waals surface area (Å²) >= 11 is 0. The molecule has 5 N–H and O–H groups in total. The molecule has 0 radical (unpaired) electrons. The Hall–Kier alpha value is -3.86. The van der Waals surface area contributed by atoms with Gasteiger partial charge in [-0.1, -0.05) is 6.07 Å². The topological polar surface area (TPSA) is 135 Å². The van der Waals surface area contributed by atoms with Crippen LogP contribution in [-0.2, 0) is 0 Å². The second-order valence-corrected chi connectivity index (χ2v) is 9.00. The minimum atomic E-state index is -0.599. The number of imidazole rings is 1. The van der Waals surface area contributed by atoms with Gasteiger partial charge in [0.25, 0.3) is 5.91 Å². The van der Waals surface area contributed by atoms with Crippen LogP contribution in [0, 0.1) is 6.92 Å². The van der Waals surface area contributed by atoms with Gasteiger partial charge >= 0.3 is 0 Å². The van der Waals surface area contributed by atoms with E-state index in [0.29, 0.717) is 41.6 Å². The molecule has 1 fully saturated rings. The molecule has 1 amide bonds. The molecule has 0 aromatic carbocycles. The van der Waals surface area contributed by atoms with Crippen molar-refractivity contribution >= 4 is 34.8 Å². The summed E-state index contributed by atoms with van der Waals surface area (Å²) in [6.07, 6.45) is 8.71. The third-order valence-electron chi connectivity index (χ3n) is 6.21. The second kappa shape index (κ2) is 9.79. The van der Waals surface area contributed by atoms with Gasteiger partial charge in [-0.05, 0) is 44.2 Å². The predicted molar refractivity (Wildman–Crippen MR) is 133 cm³/mol. The summed E-state index contributed by atoms with van der Waals surface area (Å²) in [5.41, 5.74) is 8.93. The molecule has 2 aliphatic rings. The van der Waals surface area contributed by atoms with Gasteiger partial charge < -0.3 is 21.7 Å². The Kier molecular flexibility index (Phi) is 6.41. The molecule has 0 saturated heterocycles. The van der Waals surface area contributed by atoms with E-state index in [1.54, 1.807) is 6.20 Å². The molecule has 0 unspecified atom stereocenters. The van der Waals surface area contributed by atoms with E-state index in [0.717, 1.165) is 31.2 Å². The summed E-state index contributed by atoms with van der Waals surface area (Å²) in [6.45, 7) is 2.26. The molecule has 0 spiro atoms. The number of nitrogens with zero attached hydrogens (tertiary/aromatic N) is 5. The van der Waals surface area contributed by atoms with E-state index in [9.17, 15) is 9.18 Å². The normalized spacial score (nSPS) is 20.2. The molecule has 1 aliphatic heterocycles. The smallest absolute Gasteiger partial charge is 0.275 e. The zero-order chi connectivity index (χ0) is 24.4. The highest BCUT2D eigenvalue weighted by molar-refractivity contribution is 5.96. The number of aliphatic imine (C=N–C) groups is 1. The van der Waals surface area contributed by atoms with Crippen LogP contribution in [0.3, 0.4) is 0 Å². The highest BCUT2D eigenvalue weighted by Crippen LogP contribution is 2.26. The van der Waals surface area contributed by atoms with Crippen molar-refractivity contribution in [3.63, 3.8) is 0 Å². The summed E-state index contributed by atoms with van der Waals surface area (Å²) in [7, 11) is 0. The lowest BCUT2D eigenvalue weighted by Gasteiger charge is -2.27. The van der Waals surface area contributed by atoms with Crippen LogP contribution in [0.1, 0.15) is 48.2 Å². The number of rotatable bonds is 6. The van der Waals surface area contributed by atoms with Gasteiger partial charge in [-0.2, -0.15) is 4.39 Å². The number of pyridine rings is 1. The second-order valence-electron chi connectivity index (χ2n) is 9.00. The average molecular weight is 478 g/mol. The summed E-state index contributed by atoms with van der Waals surface area (Å²) < 4.78 is 15.0. The van der Waals surface area contributed by atoms with Gasteiger partial charge in [0, 0.05) is 49.1 Å². The van der Waals surface area contributed by atoms with Crippen molar-refractivity contribution in [1.82, 2.24) is 24.9 Å². The van der Waals surface area contributed by atoms with Crippen LogP contribution < -0.4 is 21.7 Å². The summed E-state index contributed by atoms with van der Waals surface area (Å²) in [5, 5.41) is 14.2. The number of aromatic nitrogens is 4. The number of allylic oxidation sites excluding steroid dienone is 1. The third kappa shape index (κ3) is 5.29. The Labute approximate surface area is 201 Å². The molecular formula is C24H28FN9O. The standard InChI is InChI=1S/C24H28FN9O/c1-14-2-7-21(28-12-14)32-18-11-22(30-16-5-3-15(26)4-6-16)33-34-19(13-29-23(18)34)24(35)31-17-8-9-27-20(25)10-17/h2,7,10-13,15-16H,3-6,8-9,26H2,1H3,(H,28,32)(H,30,33)(H,31,35). The quantitative estimate of drug-likeness (QED) is 0.428. The van der Waals surface area contributed by atoms with Crippen LogP contribution >= 0.6 is 0 Å². The van der Waals surface area contributed by atoms with E-state index in [2.05, 4.69) is 36.0 Å². The van der Waals surface area contributed by atoms with Crippen molar-refractivity contribution < 1.29 is 9.18 Å². The number of halogens is 1. The molecule has 3 aromatic rings. The maximum absolute atomic E-state index is 13.5. The van der Waals surface area contributed by atoms with E-state index >= 15 is 0 Å². The maximum atomic E-state index is 13.5. The summed E-state index contributed by atoms with van der Waals surface area (Å²) in [6, 6.07) is 6.18. The number of fused-ring (bicyclic) bond motifs is 1. The van der Waals surface area contributed by atoms with E-state index in [1.807, 2.05) is 25.1 Å². The summed E-state index contributed by atoms with van der Waals surface area (Å²) in [5.74, 6) is 0.230. The molecule has 0 bridgehead atoms. The average Bonchev–Trinajstić information content (AvgIpc) is 3.26. The largest absolute Gasteiger partial charge is 0.366 e. The highest BCUT2D eigenvalue weighted by atomic mass is 19.1. The van der Waals surface area contributed by atoms with E-state index < -0.39 is 11.9 Å². The van der Waals surface area contributed by atoms with Gasteiger partial charge in [-0.15, -0.1) is 5.10 Å². The molecule has 3 aromatic heterocycles. The first-order chi connectivity index (χ1) is 16.9. The molecule has 11 heteroatoms. The fraction of sp³-hybridized carbons (Fsp3) is 0.375. The third-order valence-corrected chi connectivity index (χ3v) is 6.21. The number of carbonyl (C=O) groups is 1.